The number of carbonyl (C=O) groups is 3. The second kappa shape index (κ2) is 13.8. The lowest BCUT2D eigenvalue weighted by Gasteiger charge is -2.25. The van der Waals surface area contributed by atoms with Crippen LogP contribution in [0.5, 0.6) is 0 Å². The molecule has 4 rings (SSSR count). The van der Waals surface area contributed by atoms with Crippen molar-refractivity contribution in [1.82, 2.24) is 4.90 Å². The summed E-state index contributed by atoms with van der Waals surface area (Å²) in [5.41, 5.74) is 3.00. The van der Waals surface area contributed by atoms with Gasteiger partial charge < -0.3 is 15.2 Å². The molecule has 3 aromatic carbocycles. The van der Waals surface area contributed by atoms with Crippen LogP contribution >= 0.6 is 23.2 Å². The summed E-state index contributed by atoms with van der Waals surface area (Å²) >= 11 is 12.3. The lowest BCUT2D eigenvalue weighted by molar-refractivity contribution is -0.151. The number of ether oxygens (including phenoxy) is 1. The van der Waals surface area contributed by atoms with Gasteiger partial charge in [-0.05, 0) is 50.1 Å². The molecule has 41 heavy (non-hydrogen) atoms. The summed E-state index contributed by atoms with van der Waals surface area (Å²) in [5, 5.41) is 14.0. The molecule has 0 aromatic heterocycles. The highest BCUT2D eigenvalue weighted by Crippen LogP contribution is 2.28. The summed E-state index contributed by atoms with van der Waals surface area (Å²) in [6, 6.07) is 19.9. The Morgan fingerprint density at radius 3 is 2.44 bits per heavy atom. The van der Waals surface area contributed by atoms with Gasteiger partial charge in [0.15, 0.2) is 6.04 Å². The number of amides is 1. The molecule has 0 bridgehead atoms. The first kappa shape index (κ1) is 30.2. The van der Waals surface area contributed by atoms with E-state index in [-0.39, 0.29) is 11.9 Å². The number of benzene rings is 3. The predicted octanol–water partition coefficient (Wildman–Crippen LogP) is 5.84. The van der Waals surface area contributed by atoms with Crippen LogP contribution in [0, 0.1) is 0 Å². The van der Waals surface area contributed by atoms with Crippen molar-refractivity contribution in [2.45, 2.75) is 51.4 Å². The van der Waals surface area contributed by atoms with Crippen molar-refractivity contribution in [1.29, 1.82) is 0 Å². The van der Waals surface area contributed by atoms with Crippen LogP contribution in [0.3, 0.4) is 0 Å². The number of likely N-dealkylation sites (tertiary alicyclic amines) is 1. The predicted molar refractivity (Wildman–Crippen MR) is 160 cm³/mol. The van der Waals surface area contributed by atoms with Gasteiger partial charge >= 0.3 is 11.9 Å². The smallest absolute Gasteiger partial charge is 0.332 e. The minimum atomic E-state index is -1.37. The van der Waals surface area contributed by atoms with Gasteiger partial charge in [0.05, 0.1) is 27.5 Å². The molecule has 0 radical (unpaired) electrons. The zero-order valence-corrected chi connectivity index (χ0v) is 24.2. The second-order valence-electron chi connectivity index (χ2n) is 9.85. The van der Waals surface area contributed by atoms with Crippen LogP contribution in [0.4, 0.5) is 5.69 Å². The minimum Gasteiger partial charge on any atom is -0.480 e. The molecule has 1 aliphatic rings. The largest absolute Gasteiger partial charge is 0.480 e. The molecule has 1 heterocycles. The number of aliphatic carboxylic acids is 1. The number of nitrogens with zero attached hydrogens (tertiary/aromatic N) is 2. The topological polar surface area (TPSA) is 108 Å². The number of para-hydroxylation sites is 1. The fourth-order valence-electron chi connectivity index (χ4n) is 4.92. The minimum absolute atomic E-state index is 0.175. The number of esters is 1. The fourth-order valence-corrected chi connectivity index (χ4v) is 5.24. The average molecular weight is 597 g/mol. The first-order chi connectivity index (χ1) is 19.6. The maximum Gasteiger partial charge on any atom is 0.332 e. The van der Waals surface area contributed by atoms with E-state index in [4.69, 9.17) is 27.9 Å². The molecule has 3 aromatic rings. The summed E-state index contributed by atoms with van der Waals surface area (Å²) in [4.78, 5) is 44.0. The van der Waals surface area contributed by atoms with Crippen molar-refractivity contribution < 1.29 is 24.2 Å². The SMILES string of the molecule is CC(=O)O[C@@H](C)[C@@H](N=C(c1ccccc1)c1ccccc1NC(=O)[C@@H]1CCCN1Cc1ccc(Cl)c(Cl)c1)C(=O)O. The number of rotatable bonds is 10. The molecule has 214 valence electrons. The van der Waals surface area contributed by atoms with Gasteiger partial charge in [-0.3, -0.25) is 19.5 Å². The molecule has 0 unspecified atom stereocenters. The van der Waals surface area contributed by atoms with Crippen molar-refractivity contribution in [3.63, 3.8) is 0 Å². The third kappa shape index (κ3) is 7.73. The highest BCUT2D eigenvalue weighted by atomic mass is 35.5. The Morgan fingerprint density at radius 1 is 1.05 bits per heavy atom. The Balaban J connectivity index is 1.65. The average Bonchev–Trinajstić information content (AvgIpc) is 3.40. The zero-order valence-electron chi connectivity index (χ0n) is 22.7. The highest BCUT2D eigenvalue weighted by molar-refractivity contribution is 6.42. The van der Waals surface area contributed by atoms with Gasteiger partial charge in [0.25, 0.3) is 0 Å². The van der Waals surface area contributed by atoms with Crippen LogP contribution in [0.2, 0.25) is 10.0 Å². The number of nitrogens with one attached hydrogen (secondary N) is 1. The lowest BCUT2D eigenvalue weighted by atomic mass is 9.99. The number of aliphatic imine (C=N–C) groups is 1. The molecule has 10 heteroatoms. The van der Waals surface area contributed by atoms with Crippen LogP contribution in [0.25, 0.3) is 0 Å². The van der Waals surface area contributed by atoms with Crippen molar-refractivity contribution in [2.24, 2.45) is 4.99 Å². The number of carbonyl (C=O) groups excluding carboxylic acids is 2. The van der Waals surface area contributed by atoms with E-state index in [1.807, 2.05) is 42.5 Å². The van der Waals surface area contributed by atoms with Crippen molar-refractivity contribution in [3.05, 3.63) is 99.5 Å². The Labute approximate surface area is 248 Å². The summed E-state index contributed by atoms with van der Waals surface area (Å²) in [7, 11) is 0. The molecule has 3 atom stereocenters. The monoisotopic (exact) mass is 595 g/mol. The lowest BCUT2D eigenvalue weighted by Crippen LogP contribution is -2.39. The first-order valence-corrected chi connectivity index (χ1v) is 14.0. The molecule has 0 saturated carbocycles. The summed E-state index contributed by atoms with van der Waals surface area (Å²) < 4.78 is 5.17. The second-order valence-corrected chi connectivity index (χ2v) is 10.7. The maximum absolute atomic E-state index is 13.6. The number of carboxylic acid groups (broad SMARTS) is 1. The van der Waals surface area contributed by atoms with Crippen LogP contribution in [0.15, 0.2) is 77.8 Å². The maximum atomic E-state index is 13.6. The molecule has 8 nitrogen and oxygen atoms in total. The zero-order chi connectivity index (χ0) is 29.5. The normalized spacial score (nSPS) is 17.1. The van der Waals surface area contributed by atoms with Gasteiger partial charge in [0, 0.05) is 24.6 Å². The fraction of sp³-hybridized carbons (Fsp3) is 0.290. The van der Waals surface area contributed by atoms with E-state index in [1.54, 1.807) is 30.3 Å². The standard InChI is InChI=1S/C31H31Cl2N3O5/c1-19(41-20(2)37)28(31(39)40)35-29(22-9-4-3-5-10-22)23-11-6-7-12-26(23)34-30(38)27-13-8-16-36(27)18-21-14-15-24(32)25(33)17-21/h3-7,9-12,14-15,17,19,27-28H,8,13,16,18H2,1-2H3,(H,34,38)(H,39,40)/t19-,27-,28+/m0/s1. The summed E-state index contributed by atoms with van der Waals surface area (Å²) in [5.74, 6) is -2.02. The van der Waals surface area contributed by atoms with Gasteiger partial charge in [-0.1, -0.05) is 77.8 Å². The molecule has 1 amide bonds. The molecular formula is C31H31Cl2N3O5. The van der Waals surface area contributed by atoms with E-state index in [1.165, 1.54) is 13.8 Å². The quantitative estimate of drug-likeness (QED) is 0.225. The first-order valence-electron chi connectivity index (χ1n) is 13.3. The molecular weight excluding hydrogens is 565 g/mol. The van der Waals surface area contributed by atoms with Crippen LogP contribution in [-0.2, 0) is 25.7 Å². The van der Waals surface area contributed by atoms with E-state index >= 15 is 0 Å². The molecule has 1 aliphatic heterocycles. The number of anilines is 1. The van der Waals surface area contributed by atoms with Crippen molar-refractivity contribution >= 4 is 52.4 Å². The van der Waals surface area contributed by atoms with Crippen LogP contribution in [0.1, 0.15) is 43.4 Å². The van der Waals surface area contributed by atoms with E-state index in [2.05, 4.69) is 15.2 Å². The Bertz CT molecular complexity index is 1450. The Kier molecular flexibility index (Phi) is 10.2. The van der Waals surface area contributed by atoms with Gasteiger partial charge in [-0.15, -0.1) is 0 Å². The van der Waals surface area contributed by atoms with Crippen molar-refractivity contribution in [3.8, 4) is 0 Å². The number of hydrogen-bond donors (Lipinski definition) is 2. The third-order valence-corrected chi connectivity index (χ3v) is 7.58. The number of halogens is 2. The molecule has 1 fully saturated rings. The molecule has 1 saturated heterocycles. The number of carboxylic acids is 1. The van der Waals surface area contributed by atoms with E-state index in [0.717, 1.165) is 18.5 Å². The van der Waals surface area contributed by atoms with E-state index < -0.39 is 24.1 Å². The van der Waals surface area contributed by atoms with Gasteiger partial charge in [0.1, 0.15) is 6.10 Å². The van der Waals surface area contributed by atoms with Crippen LogP contribution in [-0.4, -0.2) is 58.3 Å². The third-order valence-electron chi connectivity index (χ3n) is 6.84. The Morgan fingerprint density at radius 2 is 1.76 bits per heavy atom. The molecule has 0 aliphatic carbocycles. The Hall–Kier alpha value is -3.72. The van der Waals surface area contributed by atoms with E-state index in [0.29, 0.717) is 45.5 Å². The van der Waals surface area contributed by atoms with Crippen molar-refractivity contribution in [2.75, 3.05) is 11.9 Å². The molecule has 0 spiro atoms. The highest BCUT2D eigenvalue weighted by Gasteiger charge is 2.32. The van der Waals surface area contributed by atoms with Gasteiger partial charge in [-0.2, -0.15) is 0 Å². The van der Waals surface area contributed by atoms with E-state index in [9.17, 15) is 19.5 Å². The summed E-state index contributed by atoms with van der Waals surface area (Å²) in [6.07, 6.45) is 0.543. The summed E-state index contributed by atoms with van der Waals surface area (Å²) in [6.45, 7) is 4.01. The van der Waals surface area contributed by atoms with Crippen LogP contribution < -0.4 is 5.32 Å². The van der Waals surface area contributed by atoms with Gasteiger partial charge in [-0.25, -0.2) is 4.79 Å². The molecule has 2 N–H and O–H groups in total. The van der Waals surface area contributed by atoms with Gasteiger partial charge in [0.2, 0.25) is 5.91 Å². The number of hydrogen-bond acceptors (Lipinski definition) is 6.